The Morgan fingerprint density at radius 2 is 2.31 bits per heavy atom. The number of rotatable bonds is 4. The highest BCUT2D eigenvalue weighted by Crippen LogP contribution is 2.16. The number of nitrogens with zero attached hydrogens (tertiary/aromatic N) is 1. The van der Waals surface area contributed by atoms with Crippen molar-refractivity contribution in [2.75, 3.05) is 19.7 Å². The molecule has 1 heterocycles. The lowest BCUT2D eigenvalue weighted by Crippen LogP contribution is -2.43. The summed E-state index contributed by atoms with van der Waals surface area (Å²) in [5.74, 6) is -0.262. The first-order valence-electron chi connectivity index (χ1n) is 4.87. The van der Waals surface area contributed by atoms with Gasteiger partial charge in [-0.3, -0.25) is 9.69 Å². The number of primary amides is 1. The molecule has 0 saturated carbocycles. The van der Waals surface area contributed by atoms with Gasteiger partial charge in [-0.25, -0.2) is 0 Å². The number of aliphatic hydroxyl groups is 1. The molecule has 1 amide bonds. The predicted octanol–water partition coefficient (Wildman–Crippen LogP) is -0.291. The van der Waals surface area contributed by atoms with Crippen LogP contribution in [0, 0.1) is 0 Å². The largest absolute Gasteiger partial charge is 0.395 e. The van der Waals surface area contributed by atoms with E-state index in [0.717, 1.165) is 19.4 Å². The average molecular weight is 186 g/mol. The Morgan fingerprint density at radius 1 is 1.54 bits per heavy atom. The molecule has 0 aromatic heterocycles. The first-order chi connectivity index (χ1) is 6.24. The summed E-state index contributed by atoms with van der Waals surface area (Å²) in [6.07, 6.45) is 3.78. The van der Waals surface area contributed by atoms with Crippen molar-refractivity contribution < 1.29 is 9.90 Å². The Hall–Kier alpha value is -0.610. The highest BCUT2D eigenvalue weighted by Gasteiger charge is 2.21. The van der Waals surface area contributed by atoms with E-state index in [1.807, 2.05) is 0 Å². The van der Waals surface area contributed by atoms with Gasteiger partial charge in [-0.1, -0.05) is 6.42 Å². The summed E-state index contributed by atoms with van der Waals surface area (Å²) in [7, 11) is 0. The van der Waals surface area contributed by atoms with Crippen LogP contribution in [-0.2, 0) is 4.79 Å². The second-order valence-corrected chi connectivity index (χ2v) is 3.58. The van der Waals surface area contributed by atoms with Crippen molar-refractivity contribution in [3.63, 3.8) is 0 Å². The van der Waals surface area contributed by atoms with E-state index in [4.69, 9.17) is 10.8 Å². The summed E-state index contributed by atoms with van der Waals surface area (Å²) in [6, 6.07) is 0.244. The first-order valence-corrected chi connectivity index (χ1v) is 4.87. The summed E-state index contributed by atoms with van der Waals surface area (Å²) in [5, 5.41) is 9.07. The third-order valence-electron chi connectivity index (χ3n) is 2.61. The standard InChI is InChI=1S/C9H18N2O2/c10-9(13)4-6-11-5-2-1-3-8(11)7-12/h8,12H,1-7H2,(H2,10,13). The molecule has 0 aromatic carbocycles. The second-order valence-electron chi connectivity index (χ2n) is 3.58. The van der Waals surface area contributed by atoms with E-state index in [9.17, 15) is 4.79 Å². The number of carbonyl (C=O) groups is 1. The lowest BCUT2D eigenvalue weighted by molar-refractivity contribution is -0.118. The molecule has 0 radical (unpaired) electrons. The lowest BCUT2D eigenvalue weighted by Gasteiger charge is -2.34. The predicted molar refractivity (Wildman–Crippen MR) is 50.1 cm³/mol. The number of likely N-dealkylation sites (tertiary alicyclic amines) is 1. The fourth-order valence-electron chi connectivity index (χ4n) is 1.81. The Balaban J connectivity index is 2.31. The molecule has 76 valence electrons. The Labute approximate surface area is 78.7 Å². The topological polar surface area (TPSA) is 66.6 Å². The van der Waals surface area contributed by atoms with Crippen LogP contribution in [0.25, 0.3) is 0 Å². The molecule has 13 heavy (non-hydrogen) atoms. The normalized spacial score (nSPS) is 24.5. The van der Waals surface area contributed by atoms with Crippen molar-refractivity contribution in [1.29, 1.82) is 0 Å². The maximum Gasteiger partial charge on any atom is 0.218 e. The van der Waals surface area contributed by atoms with Gasteiger partial charge in [0.1, 0.15) is 0 Å². The number of hydrogen-bond acceptors (Lipinski definition) is 3. The van der Waals surface area contributed by atoms with Crippen molar-refractivity contribution in [2.45, 2.75) is 31.7 Å². The minimum absolute atomic E-state index is 0.193. The van der Waals surface area contributed by atoms with Crippen LogP contribution in [0.3, 0.4) is 0 Å². The summed E-state index contributed by atoms with van der Waals surface area (Å²) in [4.78, 5) is 12.7. The smallest absolute Gasteiger partial charge is 0.218 e. The number of carbonyl (C=O) groups excluding carboxylic acids is 1. The maximum atomic E-state index is 10.6. The van der Waals surface area contributed by atoms with Gasteiger partial charge in [-0.2, -0.15) is 0 Å². The Bertz CT molecular complexity index is 173. The first kappa shape index (κ1) is 10.5. The van der Waals surface area contributed by atoms with Gasteiger partial charge in [0.25, 0.3) is 0 Å². The van der Waals surface area contributed by atoms with Gasteiger partial charge in [-0.05, 0) is 19.4 Å². The van der Waals surface area contributed by atoms with Gasteiger partial charge in [0, 0.05) is 19.0 Å². The molecule has 1 atom stereocenters. The molecule has 0 spiro atoms. The second kappa shape index (κ2) is 5.19. The fourth-order valence-corrected chi connectivity index (χ4v) is 1.81. The molecule has 4 nitrogen and oxygen atoms in total. The minimum Gasteiger partial charge on any atom is -0.395 e. The Morgan fingerprint density at radius 3 is 2.92 bits per heavy atom. The van der Waals surface area contributed by atoms with E-state index in [-0.39, 0.29) is 18.6 Å². The van der Waals surface area contributed by atoms with Crippen LogP contribution in [0.1, 0.15) is 25.7 Å². The molecule has 4 heteroatoms. The molecule has 1 aliphatic heterocycles. The van der Waals surface area contributed by atoms with Crippen molar-refractivity contribution in [1.82, 2.24) is 4.90 Å². The van der Waals surface area contributed by atoms with Crippen molar-refractivity contribution in [2.24, 2.45) is 5.73 Å². The van der Waals surface area contributed by atoms with E-state index in [2.05, 4.69) is 4.90 Å². The van der Waals surface area contributed by atoms with Gasteiger partial charge >= 0.3 is 0 Å². The van der Waals surface area contributed by atoms with Gasteiger partial charge < -0.3 is 10.8 Å². The van der Waals surface area contributed by atoms with Gasteiger partial charge in [0.15, 0.2) is 0 Å². The molecule has 0 aromatic rings. The van der Waals surface area contributed by atoms with E-state index in [0.29, 0.717) is 13.0 Å². The number of amides is 1. The number of piperidine rings is 1. The van der Waals surface area contributed by atoms with Crippen molar-refractivity contribution in [3.05, 3.63) is 0 Å². The molecular weight excluding hydrogens is 168 g/mol. The van der Waals surface area contributed by atoms with Gasteiger partial charge in [-0.15, -0.1) is 0 Å². The molecular formula is C9H18N2O2. The van der Waals surface area contributed by atoms with Gasteiger partial charge in [0.2, 0.25) is 5.91 Å². The van der Waals surface area contributed by atoms with Crippen molar-refractivity contribution in [3.8, 4) is 0 Å². The quantitative estimate of drug-likeness (QED) is 0.634. The van der Waals surface area contributed by atoms with E-state index in [1.165, 1.54) is 6.42 Å². The molecule has 1 unspecified atom stereocenters. The zero-order chi connectivity index (χ0) is 9.68. The summed E-state index contributed by atoms with van der Waals surface area (Å²) >= 11 is 0. The third-order valence-corrected chi connectivity index (χ3v) is 2.61. The summed E-state index contributed by atoms with van der Waals surface area (Å²) in [5.41, 5.74) is 5.07. The minimum atomic E-state index is -0.262. The molecule has 0 bridgehead atoms. The molecule has 1 aliphatic rings. The van der Waals surface area contributed by atoms with Crippen LogP contribution >= 0.6 is 0 Å². The average Bonchev–Trinajstić information content (AvgIpc) is 2.15. The number of aliphatic hydroxyl groups excluding tert-OH is 1. The third kappa shape index (κ3) is 3.32. The highest BCUT2D eigenvalue weighted by atomic mass is 16.3. The molecule has 1 fully saturated rings. The van der Waals surface area contributed by atoms with Crippen molar-refractivity contribution >= 4 is 5.91 Å². The summed E-state index contributed by atoms with van der Waals surface area (Å²) in [6.45, 7) is 1.87. The molecule has 0 aliphatic carbocycles. The fraction of sp³-hybridized carbons (Fsp3) is 0.889. The SMILES string of the molecule is NC(=O)CCN1CCCCC1CO. The summed E-state index contributed by atoms with van der Waals surface area (Å²) < 4.78 is 0. The van der Waals surface area contributed by atoms with Crippen LogP contribution in [0.15, 0.2) is 0 Å². The van der Waals surface area contributed by atoms with Crippen LogP contribution in [0.4, 0.5) is 0 Å². The van der Waals surface area contributed by atoms with E-state index < -0.39 is 0 Å². The van der Waals surface area contributed by atoms with Crippen LogP contribution < -0.4 is 5.73 Å². The Kier molecular flexibility index (Phi) is 4.18. The lowest BCUT2D eigenvalue weighted by atomic mass is 10.0. The number of hydrogen-bond donors (Lipinski definition) is 2. The highest BCUT2D eigenvalue weighted by molar-refractivity contribution is 5.73. The molecule has 1 saturated heterocycles. The zero-order valence-electron chi connectivity index (χ0n) is 7.91. The maximum absolute atomic E-state index is 10.6. The zero-order valence-corrected chi connectivity index (χ0v) is 7.91. The van der Waals surface area contributed by atoms with E-state index >= 15 is 0 Å². The van der Waals surface area contributed by atoms with Gasteiger partial charge in [0.05, 0.1) is 6.61 Å². The van der Waals surface area contributed by atoms with Crippen LogP contribution in [-0.4, -0.2) is 41.7 Å². The van der Waals surface area contributed by atoms with Crippen LogP contribution in [0.2, 0.25) is 0 Å². The van der Waals surface area contributed by atoms with E-state index in [1.54, 1.807) is 0 Å². The van der Waals surface area contributed by atoms with Crippen LogP contribution in [0.5, 0.6) is 0 Å². The number of nitrogens with two attached hydrogens (primary N) is 1. The molecule has 1 rings (SSSR count). The molecule has 3 N–H and O–H groups in total. The monoisotopic (exact) mass is 186 g/mol.